The van der Waals surface area contributed by atoms with Crippen molar-refractivity contribution in [2.24, 2.45) is 23.5 Å². The second-order valence-corrected chi connectivity index (χ2v) is 13.1. The second-order valence-electron chi connectivity index (χ2n) is 12.6. The van der Waals surface area contributed by atoms with Crippen LogP contribution in [-0.4, -0.2) is 104 Å². The van der Waals surface area contributed by atoms with Crippen LogP contribution in [0.15, 0.2) is 30.3 Å². The van der Waals surface area contributed by atoms with Gasteiger partial charge in [-0.2, -0.15) is 0 Å². The molecule has 10 nitrogen and oxygen atoms in total. The van der Waals surface area contributed by atoms with Crippen molar-refractivity contribution in [1.29, 1.82) is 0 Å². The number of carbonyl (C=O) groups is 3. The van der Waals surface area contributed by atoms with Crippen molar-refractivity contribution >= 4 is 35.0 Å². The van der Waals surface area contributed by atoms with E-state index in [1.807, 2.05) is 56.0 Å². The Labute approximate surface area is 275 Å². The van der Waals surface area contributed by atoms with E-state index in [1.54, 1.807) is 26.2 Å². The number of benzene rings is 1. The molecule has 1 heterocycles. The summed E-state index contributed by atoms with van der Waals surface area (Å²) in [6.45, 7) is 10.5. The molecule has 0 radical (unpaired) electrons. The Balaban J connectivity index is 2.22. The molecular weight excluding hydrogens is 592 g/mol. The lowest BCUT2D eigenvalue weighted by Crippen LogP contribution is -2.56. The number of thiocarbonyl (C=S) groups is 1. The molecule has 8 atom stereocenters. The first-order chi connectivity index (χ1) is 21.3. The standard InChI is InChI=1S/C34H56N4O6S/c1-10-22(4)30(37(6)33(40)29(35)21(2)3)27(42-7)20-28(39)38-18-14-17-26(38)31(43-8)23(5)32(45)36-25(34(41)44-9)19-24-15-12-11-13-16-24/h11-13,15-16,21-23,25-27,29-31H,10,14,17-20,35H2,1-9H3,(H,36,45)/t22-,23+,25?,26-,27+,29?,30-,31+/m0/s1. The molecule has 0 saturated carbocycles. The number of hydrogen-bond acceptors (Lipinski definition) is 8. The molecule has 254 valence electrons. The molecule has 0 spiro atoms. The molecule has 11 heteroatoms. The summed E-state index contributed by atoms with van der Waals surface area (Å²) in [5.41, 5.74) is 7.21. The predicted molar refractivity (Wildman–Crippen MR) is 181 cm³/mol. The molecule has 1 fully saturated rings. The second kappa shape index (κ2) is 18.5. The van der Waals surface area contributed by atoms with Gasteiger partial charge < -0.3 is 35.1 Å². The van der Waals surface area contributed by atoms with Crippen LogP contribution in [0, 0.1) is 17.8 Å². The summed E-state index contributed by atoms with van der Waals surface area (Å²) in [6.07, 6.45) is 2.02. The SMILES string of the molecule is CC[C@H](C)[C@@H]([C@@H](CC(=O)N1CCC[C@H]1[C@H](OC)[C@@H](C)C(=S)NC(Cc1ccccc1)C(=O)OC)OC)N(C)C(=O)C(N)C(C)C. The van der Waals surface area contributed by atoms with Crippen molar-refractivity contribution < 1.29 is 28.6 Å². The van der Waals surface area contributed by atoms with Crippen molar-refractivity contribution in [3.63, 3.8) is 0 Å². The number of nitrogens with zero attached hydrogens (tertiary/aromatic N) is 2. The minimum Gasteiger partial charge on any atom is -0.467 e. The zero-order chi connectivity index (χ0) is 33.8. The largest absolute Gasteiger partial charge is 0.467 e. The summed E-state index contributed by atoms with van der Waals surface area (Å²) in [5.74, 6) is -0.843. The van der Waals surface area contributed by atoms with E-state index in [1.165, 1.54) is 7.11 Å². The first-order valence-corrected chi connectivity index (χ1v) is 16.5. The molecule has 1 aromatic rings. The number of likely N-dealkylation sites (N-methyl/N-ethyl adjacent to an activating group) is 1. The Morgan fingerprint density at radius 2 is 1.73 bits per heavy atom. The van der Waals surface area contributed by atoms with Crippen LogP contribution in [-0.2, 0) is 35.0 Å². The number of esters is 1. The molecule has 2 rings (SSSR count). The van der Waals surface area contributed by atoms with Gasteiger partial charge in [-0.1, -0.05) is 83.6 Å². The molecular formula is C34H56N4O6S. The lowest BCUT2D eigenvalue weighted by Gasteiger charge is -2.40. The van der Waals surface area contributed by atoms with E-state index in [2.05, 4.69) is 19.2 Å². The summed E-state index contributed by atoms with van der Waals surface area (Å²) in [6, 6.07) is 7.85. The molecule has 1 saturated heterocycles. The van der Waals surface area contributed by atoms with Gasteiger partial charge in [0.2, 0.25) is 11.8 Å². The van der Waals surface area contributed by atoms with Gasteiger partial charge in [0.25, 0.3) is 0 Å². The monoisotopic (exact) mass is 648 g/mol. The van der Waals surface area contributed by atoms with E-state index >= 15 is 0 Å². The van der Waals surface area contributed by atoms with Crippen LogP contribution in [0.1, 0.15) is 65.9 Å². The number of hydrogen-bond donors (Lipinski definition) is 2. The molecule has 1 aromatic carbocycles. The Morgan fingerprint density at radius 3 is 2.27 bits per heavy atom. The molecule has 0 aromatic heterocycles. The maximum Gasteiger partial charge on any atom is 0.328 e. The lowest BCUT2D eigenvalue weighted by molar-refractivity contribution is -0.145. The van der Waals surface area contributed by atoms with Crippen molar-refractivity contribution in [2.45, 2.75) is 103 Å². The fourth-order valence-electron chi connectivity index (χ4n) is 6.31. The van der Waals surface area contributed by atoms with E-state index in [9.17, 15) is 14.4 Å². The van der Waals surface area contributed by atoms with Crippen LogP contribution >= 0.6 is 12.2 Å². The summed E-state index contributed by atoms with van der Waals surface area (Å²) in [4.78, 5) is 43.9. The average Bonchev–Trinajstić information content (AvgIpc) is 3.52. The topological polar surface area (TPSA) is 123 Å². The van der Waals surface area contributed by atoms with Gasteiger partial charge in [-0.05, 0) is 30.2 Å². The van der Waals surface area contributed by atoms with Gasteiger partial charge in [0.1, 0.15) is 6.04 Å². The predicted octanol–water partition coefficient (Wildman–Crippen LogP) is 3.59. The highest BCUT2D eigenvalue weighted by molar-refractivity contribution is 7.80. The summed E-state index contributed by atoms with van der Waals surface area (Å²) in [5, 5.41) is 3.22. The van der Waals surface area contributed by atoms with Gasteiger partial charge in [0.05, 0.1) is 48.9 Å². The van der Waals surface area contributed by atoms with Crippen LogP contribution in [0.4, 0.5) is 0 Å². The van der Waals surface area contributed by atoms with Crippen LogP contribution in [0.5, 0.6) is 0 Å². The third-order valence-corrected chi connectivity index (χ3v) is 9.84. The number of rotatable bonds is 17. The molecule has 45 heavy (non-hydrogen) atoms. The highest BCUT2D eigenvalue weighted by atomic mass is 32.1. The number of methoxy groups -OCH3 is 3. The molecule has 2 amide bonds. The third kappa shape index (κ3) is 10.2. The molecule has 2 unspecified atom stereocenters. The minimum atomic E-state index is -0.658. The van der Waals surface area contributed by atoms with Crippen molar-refractivity contribution in [3.05, 3.63) is 35.9 Å². The average molecular weight is 649 g/mol. The Morgan fingerprint density at radius 1 is 1.09 bits per heavy atom. The molecule has 0 bridgehead atoms. The lowest BCUT2D eigenvalue weighted by atomic mass is 9.89. The Kier molecular flexibility index (Phi) is 15.9. The first kappa shape index (κ1) is 38.6. The number of nitrogens with one attached hydrogen (secondary N) is 1. The molecule has 0 aliphatic carbocycles. The van der Waals surface area contributed by atoms with E-state index in [-0.39, 0.29) is 48.1 Å². The number of nitrogens with two attached hydrogens (primary N) is 1. The van der Waals surface area contributed by atoms with E-state index in [0.717, 1.165) is 24.8 Å². The summed E-state index contributed by atoms with van der Waals surface area (Å²) in [7, 11) is 6.33. The van der Waals surface area contributed by atoms with Gasteiger partial charge in [-0.25, -0.2) is 4.79 Å². The number of amides is 2. The van der Waals surface area contributed by atoms with E-state index in [4.69, 9.17) is 32.2 Å². The molecule has 1 aliphatic heterocycles. The van der Waals surface area contributed by atoms with Crippen LogP contribution in [0.2, 0.25) is 0 Å². The van der Waals surface area contributed by atoms with Gasteiger partial charge in [-0.3, -0.25) is 9.59 Å². The summed E-state index contributed by atoms with van der Waals surface area (Å²) < 4.78 is 17.0. The summed E-state index contributed by atoms with van der Waals surface area (Å²) >= 11 is 5.81. The van der Waals surface area contributed by atoms with Crippen LogP contribution in [0.3, 0.4) is 0 Å². The van der Waals surface area contributed by atoms with Crippen molar-refractivity contribution in [3.8, 4) is 0 Å². The number of ether oxygens (including phenoxy) is 3. The zero-order valence-electron chi connectivity index (χ0n) is 28.7. The molecule has 3 N–H and O–H groups in total. The maximum absolute atomic E-state index is 13.9. The zero-order valence-corrected chi connectivity index (χ0v) is 29.5. The van der Waals surface area contributed by atoms with Crippen LogP contribution < -0.4 is 11.1 Å². The fourth-order valence-corrected chi connectivity index (χ4v) is 6.59. The maximum atomic E-state index is 13.9. The van der Waals surface area contributed by atoms with Crippen LogP contribution in [0.25, 0.3) is 0 Å². The quantitative estimate of drug-likeness (QED) is 0.193. The van der Waals surface area contributed by atoms with Gasteiger partial charge in [-0.15, -0.1) is 0 Å². The van der Waals surface area contributed by atoms with Gasteiger partial charge >= 0.3 is 5.97 Å². The van der Waals surface area contributed by atoms with E-state index < -0.39 is 30.3 Å². The van der Waals surface area contributed by atoms with Gasteiger partial charge in [0, 0.05) is 40.2 Å². The van der Waals surface area contributed by atoms with Gasteiger partial charge in [0.15, 0.2) is 0 Å². The third-order valence-electron chi connectivity index (χ3n) is 9.35. The first-order valence-electron chi connectivity index (χ1n) is 16.1. The normalized spacial score (nSPS) is 19.6. The fraction of sp³-hybridized carbons (Fsp3) is 0.706. The van der Waals surface area contributed by atoms with E-state index in [0.29, 0.717) is 18.0 Å². The number of carbonyl (C=O) groups excluding carboxylic acids is 3. The smallest absolute Gasteiger partial charge is 0.328 e. The van der Waals surface area contributed by atoms with Crippen molar-refractivity contribution in [1.82, 2.24) is 15.1 Å². The molecule has 1 aliphatic rings. The number of likely N-dealkylation sites (tertiary alicyclic amines) is 1. The highest BCUT2D eigenvalue weighted by Crippen LogP contribution is 2.30. The Hall–Kier alpha value is -2.60. The Bertz CT molecular complexity index is 1110. The highest BCUT2D eigenvalue weighted by Gasteiger charge is 2.42. The van der Waals surface area contributed by atoms with Crippen molar-refractivity contribution in [2.75, 3.05) is 34.9 Å². The minimum absolute atomic E-state index is 0.0136.